The molecule has 13 heavy (non-hydrogen) atoms. The normalized spacial score (nSPS) is 16.0. The van der Waals surface area contributed by atoms with Crippen molar-refractivity contribution in [2.45, 2.75) is 0 Å². The van der Waals surface area contributed by atoms with Crippen LogP contribution in [0.15, 0.2) is 40.6 Å². The molecule has 2 aliphatic carbocycles. The summed E-state index contributed by atoms with van der Waals surface area (Å²) in [5.74, 6) is 0.185. The van der Waals surface area contributed by atoms with Crippen LogP contribution in [0.4, 0.5) is 8.78 Å². The molecule has 5 heteroatoms. The molecule has 2 rings (SSSR count). The number of carbonyl (C=O) groups is 1. The molecule has 0 spiro atoms. The Bertz CT molecular complexity index is 325. The summed E-state index contributed by atoms with van der Waals surface area (Å²) in [4.78, 5) is 10.8. The lowest BCUT2D eigenvalue weighted by Crippen LogP contribution is -1.89. The Kier molecular flexibility index (Phi) is 2.69. The maximum Gasteiger partial charge on any atom is 0.397 e. The van der Waals surface area contributed by atoms with Crippen molar-refractivity contribution in [1.29, 1.82) is 0 Å². The first-order valence-corrected chi connectivity index (χ1v) is 3.33. The van der Waals surface area contributed by atoms with Gasteiger partial charge < -0.3 is 5.21 Å². The molecule has 0 aromatic carbocycles. The van der Waals surface area contributed by atoms with E-state index in [2.05, 4.69) is 0 Å². The number of hydrogen-bond donors (Lipinski definition) is 1. The van der Waals surface area contributed by atoms with E-state index in [1.807, 2.05) is 24.3 Å². The third-order valence-electron chi connectivity index (χ3n) is 1.48. The number of rotatable bonds is 0. The molecule has 0 saturated heterocycles. The van der Waals surface area contributed by atoms with Gasteiger partial charge in [0.05, 0.1) is 0 Å². The molecular formula is C8H5F2NO2. The predicted molar refractivity (Wildman–Crippen MR) is 41.8 cm³/mol. The molecule has 0 aromatic heterocycles. The van der Waals surface area contributed by atoms with Gasteiger partial charge in [0.1, 0.15) is 0 Å². The van der Waals surface area contributed by atoms with Crippen molar-refractivity contribution < 1.29 is 18.8 Å². The van der Waals surface area contributed by atoms with Gasteiger partial charge in [-0.1, -0.05) is 24.3 Å². The van der Waals surface area contributed by atoms with Crippen LogP contribution >= 0.6 is 0 Å². The molecule has 2 bridgehead atoms. The molecule has 0 aliphatic heterocycles. The second-order valence-corrected chi connectivity index (χ2v) is 2.25. The van der Waals surface area contributed by atoms with Crippen molar-refractivity contribution in [3.63, 3.8) is 0 Å². The first-order valence-electron chi connectivity index (χ1n) is 3.33. The lowest BCUT2D eigenvalue weighted by molar-refractivity contribution is -0.111. The van der Waals surface area contributed by atoms with Gasteiger partial charge in [0, 0.05) is 11.1 Å². The fourth-order valence-corrected chi connectivity index (χ4v) is 0.940. The summed E-state index contributed by atoms with van der Waals surface area (Å²) in [6.45, 7) is 0. The van der Waals surface area contributed by atoms with Crippen LogP contribution in [-0.4, -0.2) is 17.2 Å². The minimum absolute atomic E-state index is 0.185. The minimum Gasteiger partial charge on any atom is -0.407 e. The average molecular weight is 185 g/mol. The van der Waals surface area contributed by atoms with E-state index in [-0.39, 0.29) is 5.78 Å². The van der Waals surface area contributed by atoms with Gasteiger partial charge in [-0.15, -0.1) is 8.78 Å². The molecule has 3 nitrogen and oxygen atoms in total. The highest BCUT2D eigenvalue weighted by Gasteiger charge is 2.19. The Balaban J connectivity index is 0.000000149. The Morgan fingerprint density at radius 3 is 1.69 bits per heavy atom. The number of nitrogens with zero attached hydrogens (tertiary/aromatic N) is 1. The van der Waals surface area contributed by atoms with Crippen molar-refractivity contribution in [2.24, 2.45) is 5.16 Å². The molecule has 2 aliphatic rings. The molecule has 0 saturated carbocycles. The first-order chi connectivity index (χ1) is 6.15. The third-order valence-corrected chi connectivity index (χ3v) is 1.48. The summed E-state index contributed by atoms with van der Waals surface area (Å²) < 4.78 is 20.5. The van der Waals surface area contributed by atoms with Gasteiger partial charge >= 0.3 is 6.22 Å². The fourth-order valence-electron chi connectivity index (χ4n) is 0.940. The van der Waals surface area contributed by atoms with Crippen LogP contribution in [0.25, 0.3) is 0 Å². The van der Waals surface area contributed by atoms with Gasteiger partial charge in [-0.3, -0.25) is 4.79 Å². The number of allylic oxidation sites excluding steroid dienone is 6. The quantitative estimate of drug-likeness (QED) is 0.354. The molecule has 68 valence electrons. The largest absolute Gasteiger partial charge is 0.407 e. The number of Topliss-reactive ketones (excluding diaryl/α,β-unsaturated/α-hetero) is 1. The number of ketones is 1. The maximum absolute atomic E-state index is 10.8. The zero-order chi connectivity index (χ0) is 9.84. The number of carbonyl (C=O) groups excluding carboxylic acids is 1. The van der Waals surface area contributed by atoms with Gasteiger partial charge in [0.15, 0.2) is 5.78 Å². The highest BCUT2D eigenvalue weighted by atomic mass is 19.3. The standard InChI is InChI=1S/C7H4O.CHF2NO/c8-7-5-1-2-6(7)4-3-5;2-1(3)4-5/h1-4H;5H. The van der Waals surface area contributed by atoms with E-state index < -0.39 is 6.22 Å². The first kappa shape index (κ1) is 9.31. The Morgan fingerprint density at radius 1 is 1.23 bits per heavy atom. The Morgan fingerprint density at radius 2 is 1.62 bits per heavy atom. The van der Waals surface area contributed by atoms with Crippen molar-refractivity contribution >= 4 is 12.0 Å². The summed E-state index contributed by atoms with van der Waals surface area (Å²) in [5, 5.41) is 8.45. The molecule has 0 aromatic rings. The Labute approximate surface area is 72.4 Å². The van der Waals surface area contributed by atoms with Gasteiger partial charge in [0.25, 0.3) is 0 Å². The van der Waals surface area contributed by atoms with Crippen molar-refractivity contribution in [1.82, 2.24) is 0 Å². The average Bonchev–Trinajstić information content (AvgIpc) is 2.65. The molecule has 1 N–H and O–H groups in total. The van der Waals surface area contributed by atoms with E-state index in [9.17, 15) is 13.6 Å². The van der Waals surface area contributed by atoms with Crippen LogP contribution in [0.2, 0.25) is 0 Å². The smallest absolute Gasteiger partial charge is 0.397 e. The van der Waals surface area contributed by atoms with E-state index in [0.29, 0.717) is 0 Å². The van der Waals surface area contributed by atoms with Crippen LogP contribution in [0.3, 0.4) is 0 Å². The molecule has 0 amide bonds. The van der Waals surface area contributed by atoms with Crippen LogP contribution in [0, 0.1) is 0 Å². The fraction of sp³-hybridized carbons (Fsp3) is 0. The van der Waals surface area contributed by atoms with Crippen molar-refractivity contribution in [3.05, 3.63) is 35.5 Å². The number of halogens is 2. The molecule has 0 atom stereocenters. The highest BCUT2D eigenvalue weighted by Crippen LogP contribution is 2.23. The lowest BCUT2D eigenvalue weighted by Gasteiger charge is -1.78. The number of hydrogen-bond acceptors (Lipinski definition) is 3. The van der Waals surface area contributed by atoms with Gasteiger partial charge in [-0.2, -0.15) is 0 Å². The SMILES string of the molecule is O=C1C2=CC=C1C=C2.ON=C(F)F. The molecule has 0 heterocycles. The number of fused-ring (bicyclic) bond motifs is 2. The molecule has 0 fully saturated rings. The zero-order valence-corrected chi connectivity index (χ0v) is 6.37. The lowest BCUT2D eigenvalue weighted by atomic mass is 10.2. The van der Waals surface area contributed by atoms with E-state index in [4.69, 9.17) is 5.21 Å². The highest BCUT2D eigenvalue weighted by molar-refractivity contribution is 6.17. The summed E-state index contributed by atoms with van der Waals surface area (Å²) in [6.07, 6.45) is 5.06. The van der Waals surface area contributed by atoms with Crippen LogP contribution < -0.4 is 0 Å². The van der Waals surface area contributed by atoms with E-state index in [1.54, 1.807) is 0 Å². The molecule has 0 radical (unpaired) electrons. The van der Waals surface area contributed by atoms with Gasteiger partial charge in [-0.05, 0) is 5.16 Å². The van der Waals surface area contributed by atoms with Crippen LogP contribution in [0.5, 0.6) is 0 Å². The number of oxime groups is 1. The van der Waals surface area contributed by atoms with Crippen molar-refractivity contribution in [3.8, 4) is 0 Å². The summed E-state index contributed by atoms with van der Waals surface area (Å²) in [7, 11) is 0. The van der Waals surface area contributed by atoms with Crippen LogP contribution in [0.1, 0.15) is 0 Å². The zero-order valence-electron chi connectivity index (χ0n) is 6.37. The monoisotopic (exact) mass is 185 g/mol. The second kappa shape index (κ2) is 3.75. The molecule has 0 unspecified atom stereocenters. The van der Waals surface area contributed by atoms with Crippen LogP contribution in [-0.2, 0) is 4.79 Å². The van der Waals surface area contributed by atoms with E-state index in [0.717, 1.165) is 11.1 Å². The van der Waals surface area contributed by atoms with E-state index in [1.165, 1.54) is 5.16 Å². The minimum atomic E-state index is -2.31. The maximum atomic E-state index is 10.8. The van der Waals surface area contributed by atoms with Gasteiger partial charge in [0.2, 0.25) is 0 Å². The second-order valence-electron chi connectivity index (χ2n) is 2.25. The van der Waals surface area contributed by atoms with Gasteiger partial charge in [-0.25, -0.2) is 0 Å². The van der Waals surface area contributed by atoms with Crippen molar-refractivity contribution in [2.75, 3.05) is 0 Å². The Hall–Kier alpha value is -1.78. The molecular weight excluding hydrogens is 180 g/mol. The topological polar surface area (TPSA) is 49.7 Å². The summed E-state index contributed by atoms with van der Waals surface area (Å²) in [5.41, 5.74) is 1.67. The third kappa shape index (κ3) is 2.08. The summed E-state index contributed by atoms with van der Waals surface area (Å²) in [6, 6.07) is 0. The summed E-state index contributed by atoms with van der Waals surface area (Å²) >= 11 is 0. The van der Waals surface area contributed by atoms with E-state index >= 15 is 0 Å². The predicted octanol–water partition coefficient (Wildman–Crippen LogP) is 1.66.